The maximum atomic E-state index is 13.2. The van der Waals surface area contributed by atoms with Gasteiger partial charge >= 0.3 is 0 Å². The van der Waals surface area contributed by atoms with Crippen molar-refractivity contribution in [2.75, 3.05) is 46.9 Å². The molecule has 0 N–H and O–H groups in total. The molecule has 1 fully saturated rings. The number of rotatable bonds is 12. The number of carbonyl (C=O) groups is 1. The Balaban J connectivity index is 1.34. The Morgan fingerprint density at radius 1 is 0.875 bits per heavy atom. The Hall–Kier alpha value is -3.59. The molecule has 9 heteroatoms. The molecule has 0 atom stereocenters. The van der Waals surface area contributed by atoms with E-state index in [1.54, 1.807) is 49.5 Å². The Morgan fingerprint density at radius 3 is 1.90 bits per heavy atom. The quantitative estimate of drug-likeness (QED) is 0.296. The van der Waals surface area contributed by atoms with Crippen LogP contribution in [0.15, 0.2) is 54.7 Å². The molecule has 2 aromatic carbocycles. The van der Waals surface area contributed by atoms with Gasteiger partial charge < -0.3 is 14.4 Å². The number of hydrogen-bond donors (Lipinski definition) is 0. The summed E-state index contributed by atoms with van der Waals surface area (Å²) in [5.74, 6) is 2.01. The van der Waals surface area contributed by atoms with Crippen LogP contribution in [0.25, 0.3) is 0 Å². The topological polar surface area (TPSA) is 67.8 Å². The number of amides is 1. The third-order valence-corrected chi connectivity index (χ3v) is 7.30. The van der Waals surface area contributed by atoms with Gasteiger partial charge in [0.2, 0.25) is 0 Å². The number of benzene rings is 2. The summed E-state index contributed by atoms with van der Waals surface area (Å²) in [6, 6.07) is 12.1. The highest BCUT2D eigenvalue weighted by Crippen LogP contribution is 2.37. The van der Waals surface area contributed by atoms with E-state index < -0.39 is 0 Å². The van der Waals surface area contributed by atoms with E-state index >= 15 is 0 Å². The Kier molecular flexibility index (Phi) is 10.4. The number of aryl methyl sites for hydroxylation is 1. The molecule has 3 aromatic rings. The number of hydrogen-bond acceptors (Lipinski definition) is 6. The van der Waals surface area contributed by atoms with Gasteiger partial charge in [-0.1, -0.05) is 0 Å². The largest absolute Gasteiger partial charge is 0.492 e. The predicted octanol–water partition coefficient (Wildman–Crippen LogP) is 5.50. The summed E-state index contributed by atoms with van der Waals surface area (Å²) in [7, 11) is 3.49. The van der Waals surface area contributed by atoms with Crippen molar-refractivity contribution in [1.82, 2.24) is 19.8 Å². The van der Waals surface area contributed by atoms with Gasteiger partial charge in [0.05, 0.1) is 11.3 Å². The highest BCUT2D eigenvalue weighted by molar-refractivity contribution is 5.94. The molecule has 0 aliphatic heterocycles. The minimum absolute atomic E-state index is 0.0643. The summed E-state index contributed by atoms with van der Waals surface area (Å²) < 4.78 is 38.2. The van der Waals surface area contributed by atoms with Crippen LogP contribution in [0.2, 0.25) is 0 Å². The normalized spacial score (nSPS) is 17.1. The smallest absolute Gasteiger partial charge is 0.256 e. The van der Waals surface area contributed by atoms with E-state index in [1.807, 2.05) is 6.92 Å². The minimum atomic E-state index is -0.294. The molecule has 1 aliphatic rings. The molecule has 0 radical (unpaired) electrons. The van der Waals surface area contributed by atoms with Crippen LogP contribution < -0.4 is 9.47 Å². The second kappa shape index (κ2) is 14.2. The zero-order valence-corrected chi connectivity index (χ0v) is 23.5. The van der Waals surface area contributed by atoms with Crippen molar-refractivity contribution in [1.29, 1.82) is 0 Å². The van der Waals surface area contributed by atoms with E-state index in [1.165, 1.54) is 24.3 Å². The molecule has 0 saturated heterocycles. The van der Waals surface area contributed by atoms with Gasteiger partial charge in [-0.3, -0.25) is 9.69 Å². The predicted molar refractivity (Wildman–Crippen MR) is 150 cm³/mol. The fourth-order valence-electron chi connectivity index (χ4n) is 5.13. The molecule has 1 saturated carbocycles. The molecule has 1 aromatic heterocycles. The van der Waals surface area contributed by atoms with Crippen LogP contribution in [0.3, 0.4) is 0 Å². The monoisotopic (exact) mass is 552 g/mol. The maximum absolute atomic E-state index is 13.2. The first-order valence-electron chi connectivity index (χ1n) is 13.8. The number of nitrogens with zero attached hydrogens (tertiary/aromatic N) is 4. The third-order valence-electron chi connectivity index (χ3n) is 7.30. The summed E-state index contributed by atoms with van der Waals surface area (Å²) in [4.78, 5) is 25.6. The summed E-state index contributed by atoms with van der Waals surface area (Å²) >= 11 is 0. The zero-order valence-electron chi connectivity index (χ0n) is 23.5. The second-order valence-corrected chi connectivity index (χ2v) is 10.5. The SMILES string of the molecule is Cc1ncc(C(=O)N(C)C)c(C2CCC(CN(CCOc3ccc(F)cc3)CCOc3ccc(F)cc3)CC2)n1. The van der Waals surface area contributed by atoms with Crippen molar-refractivity contribution in [2.45, 2.75) is 38.5 Å². The van der Waals surface area contributed by atoms with Crippen LogP contribution in [-0.4, -0.2) is 72.6 Å². The van der Waals surface area contributed by atoms with Gasteiger partial charge in [0, 0.05) is 45.8 Å². The van der Waals surface area contributed by atoms with Gasteiger partial charge in [-0.2, -0.15) is 0 Å². The fourth-order valence-corrected chi connectivity index (χ4v) is 5.13. The van der Waals surface area contributed by atoms with E-state index in [2.05, 4.69) is 14.9 Å². The van der Waals surface area contributed by atoms with Crippen LogP contribution in [0.1, 0.15) is 53.5 Å². The molecule has 7 nitrogen and oxygen atoms in total. The van der Waals surface area contributed by atoms with E-state index in [4.69, 9.17) is 9.47 Å². The van der Waals surface area contributed by atoms with E-state index in [0.29, 0.717) is 55.1 Å². The lowest BCUT2D eigenvalue weighted by Gasteiger charge is -2.33. The van der Waals surface area contributed by atoms with Gasteiger partial charge in [-0.25, -0.2) is 18.7 Å². The van der Waals surface area contributed by atoms with Crippen molar-refractivity contribution >= 4 is 5.91 Å². The van der Waals surface area contributed by atoms with Crippen LogP contribution in [-0.2, 0) is 0 Å². The average molecular weight is 553 g/mol. The second-order valence-electron chi connectivity index (χ2n) is 10.5. The summed E-state index contributed by atoms with van der Waals surface area (Å²) in [5.41, 5.74) is 1.46. The number of carbonyl (C=O) groups excluding carboxylic acids is 1. The first kappa shape index (κ1) is 29.4. The molecule has 1 amide bonds. The van der Waals surface area contributed by atoms with E-state index in [0.717, 1.165) is 37.9 Å². The number of aromatic nitrogens is 2. The van der Waals surface area contributed by atoms with Gasteiger partial charge in [0.15, 0.2) is 0 Å². The van der Waals surface area contributed by atoms with E-state index in [9.17, 15) is 13.6 Å². The van der Waals surface area contributed by atoms with Gasteiger partial charge in [0.1, 0.15) is 42.2 Å². The van der Waals surface area contributed by atoms with Crippen LogP contribution in [0.5, 0.6) is 11.5 Å². The lowest BCUT2D eigenvalue weighted by atomic mass is 9.79. The average Bonchev–Trinajstić information content (AvgIpc) is 2.95. The van der Waals surface area contributed by atoms with Crippen molar-refractivity contribution in [3.05, 3.63) is 83.4 Å². The standard InChI is InChI=1S/C31H38F2N4O3/c1-22-34-20-29(31(38)36(2)3)30(35-22)24-6-4-23(5-7-24)21-37(16-18-39-27-12-8-25(32)9-13-27)17-19-40-28-14-10-26(33)11-15-28/h8-15,20,23-24H,4-7,16-19,21H2,1-3H3. The van der Waals surface area contributed by atoms with Crippen LogP contribution in [0.4, 0.5) is 8.78 Å². The summed E-state index contributed by atoms with van der Waals surface area (Å²) in [6.45, 7) is 5.06. The summed E-state index contributed by atoms with van der Waals surface area (Å²) in [5, 5.41) is 0. The van der Waals surface area contributed by atoms with Gasteiger partial charge in [-0.15, -0.1) is 0 Å². The molecule has 0 unspecified atom stereocenters. The first-order valence-corrected chi connectivity index (χ1v) is 13.8. The van der Waals surface area contributed by atoms with Gasteiger partial charge in [-0.05, 0) is 87.1 Å². The van der Waals surface area contributed by atoms with Gasteiger partial charge in [0.25, 0.3) is 5.91 Å². The highest BCUT2D eigenvalue weighted by atomic mass is 19.1. The third kappa shape index (κ3) is 8.45. The minimum Gasteiger partial charge on any atom is -0.492 e. The van der Waals surface area contributed by atoms with Crippen molar-refractivity contribution in [3.8, 4) is 11.5 Å². The lowest BCUT2D eigenvalue weighted by Crippen LogP contribution is -2.37. The summed E-state index contributed by atoms with van der Waals surface area (Å²) in [6.07, 6.45) is 5.63. The lowest BCUT2D eigenvalue weighted by molar-refractivity contribution is 0.0824. The number of halogens is 2. The Morgan fingerprint density at radius 2 is 1.40 bits per heavy atom. The number of ether oxygens (including phenoxy) is 2. The first-order chi connectivity index (χ1) is 19.3. The molecule has 214 valence electrons. The molecule has 1 aliphatic carbocycles. The van der Waals surface area contributed by atoms with E-state index in [-0.39, 0.29) is 23.5 Å². The molecule has 0 bridgehead atoms. The maximum Gasteiger partial charge on any atom is 0.256 e. The molecule has 40 heavy (non-hydrogen) atoms. The van der Waals surface area contributed by atoms with Crippen molar-refractivity contribution in [2.24, 2.45) is 5.92 Å². The fraction of sp³-hybridized carbons (Fsp3) is 0.452. The molecular weight excluding hydrogens is 514 g/mol. The van der Waals surface area contributed by atoms with Crippen molar-refractivity contribution in [3.63, 3.8) is 0 Å². The molecule has 0 spiro atoms. The Bertz CT molecular complexity index is 1180. The highest BCUT2D eigenvalue weighted by Gasteiger charge is 2.28. The molecule has 4 rings (SSSR count). The van der Waals surface area contributed by atoms with Crippen LogP contribution >= 0.6 is 0 Å². The van der Waals surface area contributed by atoms with Crippen molar-refractivity contribution < 1.29 is 23.0 Å². The molecule has 1 heterocycles. The molecular formula is C31H38F2N4O3. The zero-order chi connectivity index (χ0) is 28.5. The Labute approximate surface area is 235 Å². The van der Waals surface area contributed by atoms with Crippen LogP contribution in [0, 0.1) is 24.5 Å².